The number of methoxy groups -OCH3 is 2. The number of benzene rings is 4. The van der Waals surface area contributed by atoms with E-state index >= 15 is 0 Å². The smallest absolute Gasteiger partial charge is 0.337 e. The highest BCUT2D eigenvalue weighted by Gasteiger charge is 2.06. The third-order valence-electron chi connectivity index (χ3n) is 5.74. The number of hydrogen-bond acceptors (Lipinski definition) is 5. The number of hydrogen-bond donors (Lipinski definition) is 1. The van der Waals surface area contributed by atoms with E-state index < -0.39 is 0 Å². The maximum Gasteiger partial charge on any atom is 0.337 e. The fourth-order valence-electron chi connectivity index (χ4n) is 3.82. The predicted molar refractivity (Wildman–Crippen MR) is 141 cm³/mol. The Morgan fingerprint density at radius 2 is 1.60 bits per heavy atom. The molecule has 4 aromatic carbocycles. The van der Waals surface area contributed by atoms with Crippen molar-refractivity contribution in [3.8, 4) is 11.5 Å². The zero-order chi connectivity index (χ0) is 24.5. The van der Waals surface area contributed by atoms with Gasteiger partial charge in [0.25, 0.3) is 0 Å². The highest BCUT2D eigenvalue weighted by atomic mass is 16.5. The maximum atomic E-state index is 11.7. The molecule has 0 saturated heterocycles. The van der Waals surface area contributed by atoms with Gasteiger partial charge in [0.2, 0.25) is 0 Å². The van der Waals surface area contributed by atoms with Crippen LogP contribution in [-0.2, 0) is 4.74 Å². The molecule has 4 rings (SSSR count). The van der Waals surface area contributed by atoms with Crippen molar-refractivity contribution in [2.75, 3.05) is 32.7 Å². The van der Waals surface area contributed by atoms with E-state index in [-0.39, 0.29) is 5.97 Å². The van der Waals surface area contributed by atoms with E-state index in [1.807, 2.05) is 60.7 Å². The first-order valence-electron chi connectivity index (χ1n) is 11.5. The quantitative estimate of drug-likeness (QED) is 0.266. The lowest BCUT2D eigenvalue weighted by Gasteiger charge is -2.14. The first-order chi connectivity index (χ1) is 17.2. The lowest BCUT2D eigenvalue weighted by atomic mass is 10.1. The van der Waals surface area contributed by atoms with Crippen molar-refractivity contribution in [2.24, 2.45) is 0 Å². The third-order valence-corrected chi connectivity index (χ3v) is 5.74. The van der Waals surface area contributed by atoms with Gasteiger partial charge in [-0.15, -0.1) is 0 Å². The van der Waals surface area contributed by atoms with Gasteiger partial charge < -0.3 is 19.5 Å². The van der Waals surface area contributed by atoms with Crippen LogP contribution in [0.4, 0.5) is 5.69 Å². The molecule has 0 radical (unpaired) electrons. The molecule has 0 unspecified atom stereocenters. The van der Waals surface area contributed by atoms with Gasteiger partial charge in [0, 0.05) is 24.0 Å². The Hall–Kier alpha value is -4.25. The molecule has 0 amide bonds. The van der Waals surface area contributed by atoms with Gasteiger partial charge in [-0.2, -0.15) is 0 Å². The molecule has 0 fully saturated rings. The molecule has 0 aromatic heterocycles. The largest absolute Gasteiger partial charge is 0.497 e. The molecule has 5 heteroatoms. The topological polar surface area (TPSA) is 56.8 Å². The molecule has 178 valence electrons. The van der Waals surface area contributed by atoms with E-state index in [1.54, 1.807) is 19.2 Å². The molecule has 1 N–H and O–H groups in total. The normalized spacial score (nSPS) is 11.2. The van der Waals surface area contributed by atoms with Crippen molar-refractivity contribution >= 4 is 28.5 Å². The van der Waals surface area contributed by atoms with Crippen molar-refractivity contribution in [2.45, 2.75) is 6.42 Å². The third kappa shape index (κ3) is 6.42. The Morgan fingerprint density at radius 3 is 2.34 bits per heavy atom. The molecule has 0 bridgehead atoms. The van der Waals surface area contributed by atoms with Gasteiger partial charge in [0.15, 0.2) is 0 Å². The highest BCUT2D eigenvalue weighted by Crippen LogP contribution is 2.26. The van der Waals surface area contributed by atoms with E-state index in [0.29, 0.717) is 18.7 Å². The molecule has 4 aromatic rings. The molecule has 35 heavy (non-hydrogen) atoms. The molecule has 5 nitrogen and oxygen atoms in total. The van der Waals surface area contributed by atoms with Gasteiger partial charge in [-0.3, -0.25) is 0 Å². The summed E-state index contributed by atoms with van der Waals surface area (Å²) in [6.45, 7) is 1.20. The van der Waals surface area contributed by atoms with Gasteiger partial charge in [0.05, 0.1) is 26.4 Å². The molecule has 0 spiro atoms. The maximum absolute atomic E-state index is 11.7. The van der Waals surface area contributed by atoms with Crippen molar-refractivity contribution < 1.29 is 19.0 Å². The zero-order valence-corrected chi connectivity index (χ0v) is 20.0. The average Bonchev–Trinajstić information content (AvgIpc) is 2.92. The van der Waals surface area contributed by atoms with E-state index in [0.717, 1.165) is 39.9 Å². The molecular weight excluding hydrogens is 438 g/mol. The summed E-state index contributed by atoms with van der Waals surface area (Å²) < 4.78 is 16.2. The first-order valence-corrected chi connectivity index (χ1v) is 11.5. The van der Waals surface area contributed by atoms with Crippen molar-refractivity contribution in [3.63, 3.8) is 0 Å². The molecule has 0 aliphatic carbocycles. The second kappa shape index (κ2) is 11.7. The van der Waals surface area contributed by atoms with Gasteiger partial charge in [0.1, 0.15) is 11.5 Å². The molecule has 0 heterocycles. The standard InChI is InChI=1S/C30H29NO4/c1-33-27-16-14-26(15-17-27)31-21-23(20-22-10-12-25(13-11-22)30(32)34-2)18-19-35-29-9-5-7-24-6-3-4-8-28(24)29/h3-17,20,31H,18-19,21H2,1-2H3/b23-20-. The number of fused-ring (bicyclic) bond motifs is 1. The second-order valence-corrected chi connectivity index (χ2v) is 8.07. The summed E-state index contributed by atoms with van der Waals surface area (Å²) in [6.07, 6.45) is 2.87. The van der Waals surface area contributed by atoms with Gasteiger partial charge in [-0.1, -0.05) is 54.6 Å². The van der Waals surface area contributed by atoms with Crippen LogP contribution in [0.15, 0.2) is 96.6 Å². The van der Waals surface area contributed by atoms with E-state index in [2.05, 4.69) is 29.6 Å². The average molecular weight is 468 g/mol. The van der Waals surface area contributed by atoms with Crippen molar-refractivity contribution in [1.82, 2.24) is 0 Å². The summed E-state index contributed by atoms with van der Waals surface area (Å²) in [7, 11) is 3.04. The Bertz CT molecular complexity index is 1290. The van der Waals surface area contributed by atoms with Crippen LogP contribution in [-0.4, -0.2) is 33.3 Å². The Morgan fingerprint density at radius 1 is 0.857 bits per heavy atom. The van der Waals surface area contributed by atoms with Gasteiger partial charge in [-0.25, -0.2) is 4.79 Å². The van der Waals surface area contributed by atoms with Crippen LogP contribution in [0, 0.1) is 0 Å². The summed E-state index contributed by atoms with van der Waals surface area (Å²) in [5.41, 5.74) is 3.72. The number of nitrogens with one attached hydrogen (secondary N) is 1. The number of esters is 1. The SMILES string of the molecule is COC(=O)c1ccc(/C=C(/CCOc2cccc3ccccc23)CNc2ccc(OC)cc2)cc1. The molecule has 0 atom stereocenters. The van der Waals surface area contributed by atoms with E-state index in [4.69, 9.17) is 14.2 Å². The van der Waals surface area contributed by atoms with Crippen molar-refractivity contribution in [1.29, 1.82) is 0 Å². The molecule has 0 saturated carbocycles. The minimum Gasteiger partial charge on any atom is -0.497 e. The lowest BCUT2D eigenvalue weighted by Crippen LogP contribution is -2.09. The lowest BCUT2D eigenvalue weighted by molar-refractivity contribution is 0.0600. The van der Waals surface area contributed by atoms with Gasteiger partial charge in [-0.05, 0) is 59.0 Å². The summed E-state index contributed by atoms with van der Waals surface area (Å²) in [4.78, 5) is 11.7. The predicted octanol–water partition coefficient (Wildman–Crippen LogP) is 6.60. The van der Waals surface area contributed by atoms with E-state index in [9.17, 15) is 4.79 Å². The van der Waals surface area contributed by atoms with Crippen LogP contribution in [0.3, 0.4) is 0 Å². The van der Waals surface area contributed by atoms with Crippen LogP contribution < -0.4 is 14.8 Å². The number of carbonyl (C=O) groups is 1. The summed E-state index contributed by atoms with van der Waals surface area (Å²) in [5, 5.41) is 5.75. The van der Waals surface area contributed by atoms with Gasteiger partial charge >= 0.3 is 5.97 Å². The van der Waals surface area contributed by atoms with Crippen molar-refractivity contribution in [3.05, 3.63) is 108 Å². The number of ether oxygens (including phenoxy) is 3. The van der Waals surface area contributed by atoms with Crippen LogP contribution in [0.1, 0.15) is 22.3 Å². The minimum atomic E-state index is -0.342. The zero-order valence-electron chi connectivity index (χ0n) is 20.0. The number of anilines is 1. The summed E-state index contributed by atoms with van der Waals surface area (Å²) in [6, 6.07) is 29.6. The molecule has 0 aliphatic heterocycles. The van der Waals surface area contributed by atoms with Crippen LogP contribution in [0.25, 0.3) is 16.8 Å². The number of rotatable bonds is 10. The van der Waals surface area contributed by atoms with Crippen LogP contribution in [0.5, 0.6) is 11.5 Å². The number of carbonyl (C=O) groups excluding carboxylic acids is 1. The Balaban J connectivity index is 1.48. The molecular formula is C30H29NO4. The molecule has 0 aliphatic rings. The van der Waals surface area contributed by atoms with Crippen LogP contribution in [0.2, 0.25) is 0 Å². The summed E-state index contributed by atoms with van der Waals surface area (Å²) >= 11 is 0. The van der Waals surface area contributed by atoms with Crippen LogP contribution >= 0.6 is 0 Å². The fraction of sp³-hybridized carbons (Fsp3) is 0.167. The fourth-order valence-corrected chi connectivity index (χ4v) is 3.82. The second-order valence-electron chi connectivity index (χ2n) is 8.07. The Kier molecular flexibility index (Phi) is 8.02. The Labute approximate surface area is 206 Å². The summed E-state index contributed by atoms with van der Waals surface area (Å²) in [5.74, 6) is 1.36. The van der Waals surface area contributed by atoms with E-state index in [1.165, 1.54) is 12.7 Å². The monoisotopic (exact) mass is 467 g/mol. The minimum absolute atomic E-state index is 0.342. The first kappa shape index (κ1) is 23.9. The highest BCUT2D eigenvalue weighted by molar-refractivity contribution is 5.89.